The molecule has 1 unspecified atom stereocenters. The van der Waals surface area contributed by atoms with Gasteiger partial charge in [0, 0.05) is 62.1 Å². The van der Waals surface area contributed by atoms with Gasteiger partial charge in [0.2, 0.25) is 11.8 Å². The smallest absolute Gasteiger partial charge is 0.235 e. The molecule has 3 heterocycles. The molecule has 2 aromatic heterocycles. The van der Waals surface area contributed by atoms with Gasteiger partial charge in [-0.1, -0.05) is 44.5 Å². The zero-order chi connectivity index (χ0) is 26.2. The van der Waals surface area contributed by atoms with Gasteiger partial charge < -0.3 is 25.4 Å². The van der Waals surface area contributed by atoms with E-state index < -0.39 is 5.41 Å². The molecule has 2 amide bonds. The molecule has 1 saturated carbocycles. The molecule has 0 spiro atoms. The molecule has 1 aliphatic heterocycles. The van der Waals surface area contributed by atoms with Crippen LogP contribution in [-0.2, 0) is 15.0 Å². The van der Waals surface area contributed by atoms with Crippen molar-refractivity contribution in [3.05, 3.63) is 53.3 Å². The Morgan fingerprint density at radius 3 is 2.57 bits per heavy atom. The number of hydrogen-bond acceptors (Lipinski definition) is 5. The normalized spacial score (nSPS) is 21.5. The van der Waals surface area contributed by atoms with Crippen molar-refractivity contribution < 1.29 is 9.59 Å². The Balaban J connectivity index is 1.34. The molecule has 0 radical (unpaired) electrons. The minimum atomic E-state index is -0.543. The zero-order valence-electron chi connectivity index (χ0n) is 21.7. The van der Waals surface area contributed by atoms with Gasteiger partial charge in [-0.25, -0.2) is 4.98 Å². The van der Waals surface area contributed by atoms with Gasteiger partial charge in [-0.2, -0.15) is 0 Å². The summed E-state index contributed by atoms with van der Waals surface area (Å²) in [5.74, 6) is 0.178. The van der Waals surface area contributed by atoms with E-state index in [1.165, 1.54) is 0 Å². The molecular weight excluding hydrogens is 488 g/mol. The summed E-state index contributed by atoms with van der Waals surface area (Å²) in [4.78, 5) is 38.2. The van der Waals surface area contributed by atoms with E-state index in [2.05, 4.69) is 39.3 Å². The van der Waals surface area contributed by atoms with Crippen molar-refractivity contribution in [2.45, 2.75) is 57.5 Å². The van der Waals surface area contributed by atoms with E-state index >= 15 is 0 Å². The van der Waals surface area contributed by atoms with Crippen LogP contribution in [0.15, 0.2) is 42.7 Å². The number of rotatable bonds is 8. The third-order valence-electron chi connectivity index (χ3n) is 7.45. The number of benzene rings is 1. The van der Waals surface area contributed by atoms with Crippen LogP contribution in [0.4, 0.5) is 11.4 Å². The van der Waals surface area contributed by atoms with Crippen LogP contribution in [0, 0.1) is 0 Å². The van der Waals surface area contributed by atoms with Crippen molar-refractivity contribution in [3.63, 3.8) is 0 Å². The molecular formula is C28H35ClN6O2. The third kappa shape index (κ3) is 4.92. The lowest BCUT2D eigenvalue weighted by Gasteiger charge is -2.38. The first-order valence-electron chi connectivity index (χ1n) is 13.2. The van der Waals surface area contributed by atoms with E-state index in [1.807, 2.05) is 42.2 Å². The number of aromatic nitrogens is 2. The summed E-state index contributed by atoms with van der Waals surface area (Å²) in [6.45, 7) is 8.90. The molecule has 196 valence electrons. The molecule has 3 aromatic rings. The van der Waals surface area contributed by atoms with E-state index in [-0.39, 0.29) is 17.9 Å². The van der Waals surface area contributed by atoms with Crippen LogP contribution in [-0.4, -0.2) is 64.9 Å². The number of H-pyrrole nitrogens is 1. The number of carbonyl (C=O) groups excluding carboxylic acids is 2. The summed E-state index contributed by atoms with van der Waals surface area (Å²) in [5.41, 5.74) is 2.99. The molecule has 8 nitrogen and oxygen atoms in total. The van der Waals surface area contributed by atoms with Crippen LogP contribution < -0.4 is 15.5 Å². The van der Waals surface area contributed by atoms with Crippen molar-refractivity contribution in [2.24, 2.45) is 0 Å². The molecule has 37 heavy (non-hydrogen) atoms. The highest BCUT2D eigenvalue weighted by Gasteiger charge is 2.62. The summed E-state index contributed by atoms with van der Waals surface area (Å²) in [5, 5.41) is 8.20. The number of aromatic amines is 1. The Labute approximate surface area is 222 Å². The maximum atomic E-state index is 14.0. The summed E-state index contributed by atoms with van der Waals surface area (Å²) >= 11 is 6.15. The third-order valence-corrected chi connectivity index (χ3v) is 7.70. The molecule has 1 aromatic carbocycles. The fourth-order valence-corrected chi connectivity index (χ4v) is 5.69. The molecule has 2 fully saturated rings. The number of nitrogens with zero attached hydrogens (tertiary/aromatic N) is 3. The molecule has 2 aliphatic rings. The Kier molecular flexibility index (Phi) is 7.14. The van der Waals surface area contributed by atoms with E-state index in [1.54, 1.807) is 12.4 Å². The molecule has 5 rings (SSSR count). The van der Waals surface area contributed by atoms with E-state index in [4.69, 9.17) is 11.6 Å². The molecule has 1 aliphatic carbocycles. The second-order valence-electron chi connectivity index (χ2n) is 10.4. The van der Waals surface area contributed by atoms with Gasteiger partial charge in [0.15, 0.2) is 0 Å². The van der Waals surface area contributed by atoms with Crippen molar-refractivity contribution in [1.82, 2.24) is 20.2 Å². The molecule has 0 bridgehead atoms. The van der Waals surface area contributed by atoms with Crippen LogP contribution >= 0.6 is 11.6 Å². The van der Waals surface area contributed by atoms with E-state index in [0.717, 1.165) is 40.8 Å². The predicted molar refractivity (Wildman–Crippen MR) is 148 cm³/mol. The highest BCUT2D eigenvalue weighted by Crippen LogP contribution is 2.50. The number of piperazine rings is 1. The van der Waals surface area contributed by atoms with Gasteiger partial charge in [-0.3, -0.25) is 9.59 Å². The Hall–Kier alpha value is -3.10. The number of fused-ring (bicyclic) bond motifs is 1. The Bertz CT molecular complexity index is 1280. The number of amides is 2. The quantitative estimate of drug-likeness (QED) is 0.410. The van der Waals surface area contributed by atoms with Gasteiger partial charge in [-0.05, 0) is 36.6 Å². The lowest BCUT2D eigenvalue weighted by molar-refractivity contribution is -0.134. The van der Waals surface area contributed by atoms with Crippen molar-refractivity contribution in [3.8, 4) is 0 Å². The topological polar surface area (TPSA) is 93.4 Å². The van der Waals surface area contributed by atoms with Crippen LogP contribution in [0.1, 0.15) is 45.6 Å². The largest absolute Gasteiger partial charge is 0.367 e. The van der Waals surface area contributed by atoms with Gasteiger partial charge in [0.05, 0.1) is 22.2 Å². The lowest BCUT2D eigenvalue weighted by Crippen LogP contribution is -2.53. The average molecular weight is 523 g/mol. The monoisotopic (exact) mass is 522 g/mol. The summed E-state index contributed by atoms with van der Waals surface area (Å²) in [6, 6.07) is 10.1. The maximum absolute atomic E-state index is 14.0. The number of halogens is 1. The van der Waals surface area contributed by atoms with E-state index in [0.29, 0.717) is 43.7 Å². The number of pyridine rings is 1. The first-order valence-corrected chi connectivity index (χ1v) is 13.5. The summed E-state index contributed by atoms with van der Waals surface area (Å²) in [7, 11) is 0. The number of anilines is 2. The highest BCUT2D eigenvalue weighted by molar-refractivity contribution is 6.30. The first kappa shape index (κ1) is 25.5. The van der Waals surface area contributed by atoms with Gasteiger partial charge >= 0.3 is 0 Å². The van der Waals surface area contributed by atoms with Crippen LogP contribution in [0.2, 0.25) is 5.02 Å². The average Bonchev–Trinajstić information content (AvgIpc) is 3.45. The second-order valence-corrected chi connectivity index (χ2v) is 10.8. The fraction of sp³-hybridized carbons (Fsp3) is 0.464. The first-order chi connectivity index (χ1) is 17.8. The Morgan fingerprint density at radius 1 is 1.16 bits per heavy atom. The van der Waals surface area contributed by atoms with Crippen LogP contribution in [0.3, 0.4) is 0 Å². The fourth-order valence-electron chi connectivity index (χ4n) is 5.57. The number of nitrogens with one attached hydrogen (secondary N) is 3. The van der Waals surface area contributed by atoms with Crippen LogP contribution in [0.5, 0.6) is 0 Å². The summed E-state index contributed by atoms with van der Waals surface area (Å²) in [6.07, 6.45) is 5.65. The standard InChI is InChI=1S/C28H35ClN6O2/c1-4-5-24(36)33-21-17-31-26-25(21)22(10-11-30-26)34-12-14-35(15-13-34)27(37)28(16-23(28)32-18(2)3)19-6-8-20(29)9-7-19/h6-11,17-18,23,32H,4-5,12-16H2,1-3H3,(H,30,31)(H,33,36)/t23-,28?/m1/s1. The molecule has 3 N–H and O–H groups in total. The van der Waals surface area contributed by atoms with Gasteiger partial charge in [0.1, 0.15) is 5.65 Å². The van der Waals surface area contributed by atoms with Crippen LogP contribution in [0.25, 0.3) is 11.0 Å². The number of hydrogen-bond donors (Lipinski definition) is 3. The molecule has 9 heteroatoms. The van der Waals surface area contributed by atoms with Crippen molar-refractivity contribution in [2.75, 3.05) is 36.4 Å². The predicted octanol–water partition coefficient (Wildman–Crippen LogP) is 4.31. The van der Waals surface area contributed by atoms with Crippen molar-refractivity contribution >= 4 is 45.8 Å². The molecule has 1 saturated heterocycles. The number of carbonyl (C=O) groups is 2. The zero-order valence-corrected chi connectivity index (χ0v) is 22.4. The minimum Gasteiger partial charge on any atom is -0.367 e. The second kappa shape index (κ2) is 10.3. The van der Waals surface area contributed by atoms with E-state index in [9.17, 15) is 9.59 Å². The Morgan fingerprint density at radius 2 is 1.89 bits per heavy atom. The van der Waals surface area contributed by atoms with Gasteiger partial charge in [0.25, 0.3) is 0 Å². The minimum absolute atomic E-state index is 0.00453. The molecule has 2 atom stereocenters. The van der Waals surface area contributed by atoms with Gasteiger partial charge in [-0.15, -0.1) is 0 Å². The SMILES string of the molecule is CCCC(=O)Nc1c[nH]c2nccc(N3CCN(C(=O)C4(c5ccc(Cl)cc5)C[C@H]4NC(C)C)CC3)c12. The summed E-state index contributed by atoms with van der Waals surface area (Å²) < 4.78 is 0. The highest BCUT2D eigenvalue weighted by atomic mass is 35.5. The lowest BCUT2D eigenvalue weighted by atomic mass is 9.92. The maximum Gasteiger partial charge on any atom is 0.235 e. The van der Waals surface area contributed by atoms with Crippen molar-refractivity contribution in [1.29, 1.82) is 0 Å².